The number of fused-ring (bicyclic) bond motifs is 1. The SMILES string of the molecule is Cc1cc2cc(CC(=O)Nc3nc(C)c(C)s3)ccc2[nH]1. The van der Waals surface area contributed by atoms with Gasteiger partial charge in [0.15, 0.2) is 5.13 Å². The lowest BCUT2D eigenvalue weighted by Gasteiger charge is -2.02. The van der Waals surface area contributed by atoms with Gasteiger partial charge in [-0.15, -0.1) is 11.3 Å². The maximum Gasteiger partial charge on any atom is 0.230 e. The Balaban J connectivity index is 1.73. The van der Waals surface area contributed by atoms with E-state index in [-0.39, 0.29) is 5.91 Å². The van der Waals surface area contributed by atoms with Crippen molar-refractivity contribution >= 4 is 33.3 Å². The first-order valence-corrected chi connectivity index (χ1v) is 7.65. The van der Waals surface area contributed by atoms with Gasteiger partial charge in [0.05, 0.1) is 12.1 Å². The zero-order valence-electron chi connectivity index (χ0n) is 12.3. The van der Waals surface area contributed by atoms with Gasteiger partial charge in [-0.1, -0.05) is 6.07 Å². The monoisotopic (exact) mass is 299 g/mol. The topological polar surface area (TPSA) is 57.8 Å². The van der Waals surface area contributed by atoms with Gasteiger partial charge in [0.25, 0.3) is 0 Å². The number of H-pyrrole nitrogens is 1. The minimum absolute atomic E-state index is 0.0321. The molecule has 0 aliphatic carbocycles. The fourth-order valence-electron chi connectivity index (χ4n) is 2.31. The second kappa shape index (κ2) is 5.33. The largest absolute Gasteiger partial charge is 0.359 e. The van der Waals surface area contributed by atoms with E-state index < -0.39 is 0 Å². The fraction of sp³-hybridized carbons (Fsp3) is 0.250. The molecule has 3 aromatic rings. The molecule has 0 aliphatic heterocycles. The van der Waals surface area contributed by atoms with E-state index in [2.05, 4.69) is 27.4 Å². The molecule has 0 saturated heterocycles. The average molecular weight is 299 g/mol. The first-order valence-electron chi connectivity index (χ1n) is 6.83. The summed E-state index contributed by atoms with van der Waals surface area (Å²) in [5, 5.41) is 4.68. The van der Waals surface area contributed by atoms with Crippen LogP contribution in [-0.2, 0) is 11.2 Å². The highest BCUT2D eigenvalue weighted by Crippen LogP contribution is 2.22. The van der Waals surface area contributed by atoms with Crippen LogP contribution >= 0.6 is 11.3 Å². The number of carbonyl (C=O) groups is 1. The smallest absolute Gasteiger partial charge is 0.230 e. The number of hydrogen-bond acceptors (Lipinski definition) is 3. The highest BCUT2D eigenvalue weighted by molar-refractivity contribution is 7.15. The molecule has 0 radical (unpaired) electrons. The van der Waals surface area contributed by atoms with Crippen LogP contribution in [0, 0.1) is 20.8 Å². The summed E-state index contributed by atoms with van der Waals surface area (Å²) in [5.41, 5.74) is 4.20. The van der Waals surface area contributed by atoms with Crippen molar-refractivity contribution in [3.8, 4) is 0 Å². The first-order chi connectivity index (χ1) is 10.0. The van der Waals surface area contributed by atoms with Crippen molar-refractivity contribution in [1.29, 1.82) is 0 Å². The van der Waals surface area contributed by atoms with E-state index in [9.17, 15) is 4.79 Å². The number of nitrogens with zero attached hydrogens (tertiary/aromatic N) is 1. The molecule has 0 spiro atoms. The van der Waals surface area contributed by atoms with Crippen molar-refractivity contribution in [2.24, 2.45) is 0 Å². The highest BCUT2D eigenvalue weighted by atomic mass is 32.1. The number of nitrogens with one attached hydrogen (secondary N) is 2. The molecule has 1 amide bonds. The van der Waals surface area contributed by atoms with Crippen LogP contribution in [0.3, 0.4) is 0 Å². The molecule has 2 N–H and O–H groups in total. The third kappa shape index (κ3) is 2.97. The maximum atomic E-state index is 12.1. The molecule has 2 heterocycles. The van der Waals surface area contributed by atoms with Crippen LogP contribution in [0.15, 0.2) is 24.3 Å². The Morgan fingerprint density at radius 2 is 2.10 bits per heavy atom. The van der Waals surface area contributed by atoms with E-state index in [1.165, 1.54) is 11.3 Å². The molecular weight excluding hydrogens is 282 g/mol. The van der Waals surface area contributed by atoms with Gasteiger partial charge in [0.1, 0.15) is 0 Å². The van der Waals surface area contributed by atoms with Crippen molar-refractivity contribution in [2.75, 3.05) is 5.32 Å². The molecule has 4 nitrogen and oxygen atoms in total. The quantitative estimate of drug-likeness (QED) is 0.774. The predicted octanol–water partition coefficient (Wildman–Crippen LogP) is 3.73. The number of aryl methyl sites for hydroxylation is 3. The molecule has 0 fully saturated rings. The summed E-state index contributed by atoms with van der Waals surface area (Å²) >= 11 is 1.51. The van der Waals surface area contributed by atoms with E-state index in [0.717, 1.165) is 32.7 Å². The number of aromatic nitrogens is 2. The first kappa shape index (κ1) is 13.8. The molecule has 0 aliphatic rings. The van der Waals surface area contributed by atoms with Crippen LogP contribution in [0.2, 0.25) is 0 Å². The van der Waals surface area contributed by atoms with Gasteiger partial charge >= 0.3 is 0 Å². The highest BCUT2D eigenvalue weighted by Gasteiger charge is 2.09. The van der Waals surface area contributed by atoms with Crippen molar-refractivity contribution in [1.82, 2.24) is 9.97 Å². The lowest BCUT2D eigenvalue weighted by Crippen LogP contribution is -2.14. The molecule has 108 valence electrons. The van der Waals surface area contributed by atoms with Crippen molar-refractivity contribution in [3.63, 3.8) is 0 Å². The number of rotatable bonds is 3. The lowest BCUT2D eigenvalue weighted by molar-refractivity contribution is -0.115. The van der Waals surface area contributed by atoms with Gasteiger partial charge in [-0.3, -0.25) is 4.79 Å². The van der Waals surface area contributed by atoms with E-state index in [4.69, 9.17) is 0 Å². The number of benzene rings is 1. The molecule has 0 bridgehead atoms. The lowest BCUT2D eigenvalue weighted by atomic mass is 10.1. The van der Waals surface area contributed by atoms with Crippen LogP contribution in [0.4, 0.5) is 5.13 Å². The van der Waals surface area contributed by atoms with Crippen LogP contribution in [0.1, 0.15) is 21.8 Å². The third-order valence-electron chi connectivity index (χ3n) is 3.46. The van der Waals surface area contributed by atoms with Crippen molar-refractivity contribution < 1.29 is 4.79 Å². The third-order valence-corrected chi connectivity index (χ3v) is 4.45. The van der Waals surface area contributed by atoms with E-state index in [1.54, 1.807) is 0 Å². The number of anilines is 1. The van der Waals surface area contributed by atoms with E-state index in [1.807, 2.05) is 32.9 Å². The molecule has 1 aromatic carbocycles. The summed E-state index contributed by atoms with van der Waals surface area (Å²) in [7, 11) is 0. The van der Waals surface area contributed by atoms with Crippen molar-refractivity contribution in [2.45, 2.75) is 27.2 Å². The zero-order valence-corrected chi connectivity index (χ0v) is 13.1. The van der Waals surface area contributed by atoms with Crippen LogP contribution < -0.4 is 5.32 Å². The summed E-state index contributed by atoms with van der Waals surface area (Å²) in [6, 6.07) is 8.14. The molecule has 21 heavy (non-hydrogen) atoms. The minimum atomic E-state index is -0.0321. The Kier molecular flexibility index (Phi) is 3.51. The molecule has 3 rings (SSSR count). The molecule has 0 atom stereocenters. The molecule has 0 saturated carbocycles. The normalized spacial score (nSPS) is 11.0. The summed E-state index contributed by atoms with van der Waals surface area (Å²) in [4.78, 5) is 20.8. The second-order valence-electron chi connectivity index (χ2n) is 5.26. The van der Waals surface area contributed by atoms with Crippen LogP contribution in [0.25, 0.3) is 10.9 Å². The molecule has 2 aromatic heterocycles. The second-order valence-corrected chi connectivity index (χ2v) is 6.46. The zero-order chi connectivity index (χ0) is 15.0. The van der Waals surface area contributed by atoms with Crippen LogP contribution in [-0.4, -0.2) is 15.9 Å². The Bertz CT molecular complexity index is 797. The van der Waals surface area contributed by atoms with Gasteiger partial charge in [-0.25, -0.2) is 4.98 Å². The summed E-state index contributed by atoms with van der Waals surface area (Å²) < 4.78 is 0. The number of amides is 1. The van der Waals surface area contributed by atoms with Gasteiger partial charge in [-0.05, 0) is 49.9 Å². The van der Waals surface area contributed by atoms with Crippen LogP contribution in [0.5, 0.6) is 0 Å². The Morgan fingerprint density at radius 3 is 2.81 bits per heavy atom. The Morgan fingerprint density at radius 1 is 1.29 bits per heavy atom. The number of aromatic amines is 1. The summed E-state index contributed by atoms with van der Waals surface area (Å²) in [6.45, 7) is 5.98. The van der Waals surface area contributed by atoms with Gasteiger partial charge in [0, 0.05) is 16.1 Å². The molecular formula is C16H17N3OS. The number of hydrogen-bond donors (Lipinski definition) is 2. The van der Waals surface area contributed by atoms with Gasteiger partial charge < -0.3 is 10.3 Å². The Labute approximate surface area is 127 Å². The molecule has 5 heteroatoms. The summed E-state index contributed by atoms with van der Waals surface area (Å²) in [6.07, 6.45) is 0.359. The van der Waals surface area contributed by atoms with E-state index in [0.29, 0.717) is 11.6 Å². The maximum absolute atomic E-state index is 12.1. The van der Waals surface area contributed by atoms with E-state index >= 15 is 0 Å². The minimum Gasteiger partial charge on any atom is -0.359 e. The van der Waals surface area contributed by atoms with Gasteiger partial charge in [-0.2, -0.15) is 0 Å². The predicted molar refractivity (Wildman–Crippen MR) is 87.0 cm³/mol. The average Bonchev–Trinajstić information content (AvgIpc) is 2.91. The number of carbonyl (C=O) groups excluding carboxylic acids is 1. The molecule has 0 unspecified atom stereocenters. The number of thiazole rings is 1. The van der Waals surface area contributed by atoms with Gasteiger partial charge in [0.2, 0.25) is 5.91 Å². The Hall–Kier alpha value is -2.14. The fourth-order valence-corrected chi connectivity index (χ4v) is 3.14. The van der Waals surface area contributed by atoms with Crippen molar-refractivity contribution in [3.05, 3.63) is 46.1 Å². The summed E-state index contributed by atoms with van der Waals surface area (Å²) in [5.74, 6) is -0.0321. The standard InChI is InChI=1S/C16H17N3OS/c1-9-6-13-7-12(4-5-14(13)17-9)8-15(20)19-16-18-10(2)11(3)21-16/h4-7,17H,8H2,1-3H3,(H,18,19,20).